The van der Waals surface area contributed by atoms with Crippen molar-refractivity contribution in [2.24, 2.45) is 5.92 Å². The number of carbonyl (C=O) groups is 1. The molecule has 0 unspecified atom stereocenters. The van der Waals surface area contributed by atoms with Crippen molar-refractivity contribution in [1.82, 2.24) is 10.2 Å². The van der Waals surface area contributed by atoms with Gasteiger partial charge in [0.25, 0.3) is 5.91 Å². The Morgan fingerprint density at radius 2 is 2.00 bits per heavy atom. The highest BCUT2D eigenvalue weighted by molar-refractivity contribution is 6.30. The fourth-order valence-corrected chi connectivity index (χ4v) is 3.10. The van der Waals surface area contributed by atoms with Gasteiger partial charge in [-0.3, -0.25) is 4.79 Å². The zero-order valence-electron chi connectivity index (χ0n) is 11.9. The fraction of sp³-hybridized carbons (Fsp3) is 0.562. The second-order valence-corrected chi connectivity index (χ2v) is 6.44. The lowest BCUT2D eigenvalue weighted by Gasteiger charge is -2.30. The molecule has 1 amide bonds. The Labute approximate surface area is 129 Å². The van der Waals surface area contributed by atoms with Crippen molar-refractivity contribution in [3.8, 4) is 0 Å². The van der Waals surface area contributed by atoms with Crippen molar-refractivity contribution < 1.29 is 9.18 Å². The van der Waals surface area contributed by atoms with E-state index in [1.807, 2.05) is 4.90 Å². The van der Waals surface area contributed by atoms with E-state index in [0.29, 0.717) is 17.0 Å². The Hall–Kier alpha value is -1.13. The summed E-state index contributed by atoms with van der Waals surface area (Å²) < 4.78 is 14.0. The molecule has 1 aliphatic carbocycles. The van der Waals surface area contributed by atoms with Gasteiger partial charge in [0.05, 0.1) is 5.56 Å². The molecule has 0 atom stereocenters. The van der Waals surface area contributed by atoms with Gasteiger partial charge in [0.2, 0.25) is 0 Å². The van der Waals surface area contributed by atoms with Crippen LogP contribution >= 0.6 is 11.6 Å². The Morgan fingerprint density at radius 1 is 1.29 bits per heavy atom. The van der Waals surface area contributed by atoms with Crippen LogP contribution in [0.3, 0.4) is 0 Å². The molecule has 5 heteroatoms. The number of rotatable bonds is 4. The van der Waals surface area contributed by atoms with Crippen LogP contribution in [0.1, 0.15) is 36.0 Å². The standard InChI is InChI=1S/C16H20ClFN2O/c17-12-1-4-14(15(18)9-12)16(21)20(13-2-3-13)10-11-5-7-19-8-6-11/h1,4,9,11,13,19H,2-3,5-8,10H2. The number of amides is 1. The summed E-state index contributed by atoms with van der Waals surface area (Å²) in [4.78, 5) is 14.5. The van der Waals surface area contributed by atoms with Crippen LogP contribution in [0.4, 0.5) is 4.39 Å². The van der Waals surface area contributed by atoms with Crippen LogP contribution in [0.5, 0.6) is 0 Å². The van der Waals surface area contributed by atoms with Crippen molar-refractivity contribution in [2.75, 3.05) is 19.6 Å². The first kappa shape index (κ1) is 14.8. The molecule has 1 saturated heterocycles. The van der Waals surface area contributed by atoms with E-state index in [-0.39, 0.29) is 11.5 Å². The molecule has 2 aliphatic rings. The monoisotopic (exact) mass is 310 g/mol. The molecule has 114 valence electrons. The first-order valence-electron chi connectivity index (χ1n) is 7.62. The SMILES string of the molecule is O=C(c1ccc(Cl)cc1F)N(CC1CCNCC1)C1CC1. The van der Waals surface area contributed by atoms with Crippen molar-refractivity contribution in [1.29, 1.82) is 0 Å². The van der Waals surface area contributed by atoms with Gasteiger partial charge < -0.3 is 10.2 Å². The number of benzene rings is 1. The molecular weight excluding hydrogens is 291 g/mol. The quantitative estimate of drug-likeness (QED) is 0.927. The lowest BCUT2D eigenvalue weighted by Crippen LogP contribution is -2.40. The smallest absolute Gasteiger partial charge is 0.257 e. The predicted molar refractivity (Wildman–Crippen MR) is 81.1 cm³/mol. The van der Waals surface area contributed by atoms with E-state index in [9.17, 15) is 9.18 Å². The second-order valence-electron chi connectivity index (χ2n) is 6.01. The van der Waals surface area contributed by atoms with Crippen molar-refractivity contribution in [3.05, 3.63) is 34.6 Å². The third-order valence-electron chi connectivity index (χ3n) is 4.32. The van der Waals surface area contributed by atoms with Gasteiger partial charge in [0.15, 0.2) is 0 Å². The van der Waals surface area contributed by atoms with Gasteiger partial charge in [-0.15, -0.1) is 0 Å². The molecule has 1 aromatic carbocycles. The zero-order chi connectivity index (χ0) is 14.8. The van der Waals surface area contributed by atoms with E-state index < -0.39 is 5.82 Å². The number of piperidine rings is 1. The number of halogens is 2. The van der Waals surface area contributed by atoms with Crippen LogP contribution in [0.15, 0.2) is 18.2 Å². The van der Waals surface area contributed by atoms with E-state index in [2.05, 4.69) is 5.32 Å². The van der Waals surface area contributed by atoms with Gasteiger partial charge in [-0.25, -0.2) is 4.39 Å². The summed E-state index contributed by atoms with van der Waals surface area (Å²) in [6.45, 7) is 2.76. The molecule has 1 heterocycles. The van der Waals surface area contributed by atoms with E-state index in [0.717, 1.165) is 45.3 Å². The topological polar surface area (TPSA) is 32.3 Å². The molecule has 1 N–H and O–H groups in total. The van der Waals surface area contributed by atoms with Crippen LogP contribution in [-0.2, 0) is 0 Å². The molecular formula is C16H20ClFN2O. The molecule has 0 aromatic heterocycles. The first-order valence-corrected chi connectivity index (χ1v) is 7.99. The second kappa shape index (κ2) is 6.32. The Balaban J connectivity index is 1.75. The van der Waals surface area contributed by atoms with Gasteiger partial charge in [0, 0.05) is 17.6 Å². The normalized spacial score (nSPS) is 19.5. The minimum Gasteiger partial charge on any atom is -0.335 e. The summed E-state index contributed by atoms with van der Waals surface area (Å²) in [6.07, 6.45) is 4.23. The summed E-state index contributed by atoms with van der Waals surface area (Å²) in [5.41, 5.74) is 0.139. The van der Waals surface area contributed by atoms with E-state index in [4.69, 9.17) is 11.6 Å². The third kappa shape index (κ3) is 3.55. The lowest BCUT2D eigenvalue weighted by molar-refractivity contribution is 0.0697. The number of carbonyl (C=O) groups excluding carboxylic acids is 1. The summed E-state index contributed by atoms with van der Waals surface area (Å²) in [7, 11) is 0. The molecule has 3 nitrogen and oxygen atoms in total. The highest BCUT2D eigenvalue weighted by atomic mass is 35.5. The van der Waals surface area contributed by atoms with Gasteiger partial charge in [-0.1, -0.05) is 11.6 Å². The van der Waals surface area contributed by atoms with Crippen molar-refractivity contribution in [2.45, 2.75) is 31.7 Å². The van der Waals surface area contributed by atoms with Crippen LogP contribution in [-0.4, -0.2) is 36.5 Å². The van der Waals surface area contributed by atoms with Crippen LogP contribution in [0, 0.1) is 11.7 Å². The number of hydrogen-bond acceptors (Lipinski definition) is 2. The number of nitrogens with one attached hydrogen (secondary N) is 1. The summed E-state index contributed by atoms with van der Waals surface area (Å²) in [5, 5.41) is 3.65. The molecule has 1 aromatic rings. The maximum Gasteiger partial charge on any atom is 0.257 e. The fourth-order valence-electron chi connectivity index (χ4n) is 2.94. The van der Waals surface area contributed by atoms with Crippen LogP contribution in [0.2, 0.25) is 5.02 Å². The number of nitrogens with zero attached hydrogens (tertiary/aromatic N) is 1. The van der Waals surface area contributed by atoms with Crippen molar-refractivity contribution in [3.63, 3.8) is 0 Å². The van der Waals surface area contributed by atoms with Gasteiger partial charge in [-0.2, -0.15) is 0 Å². The predicted octanol–water partition coefficient (Wildman–Crippen LogP) is 3.08. The summed E-state index contributed by atoms with van der Waals surface area (Å²) >= 11 is 5.76. The Bertz CT molecular complexity index is 527. The largest absolute Gasteiger partial charge is 0.335 e. The average molecular weight is 311 g/mol. The minimum atomic E-state index is -0.525. The molecule has 21 heavy (non-hydrogen) atoms. The van der Waals surface area contributed by atoms with Gasteiger partial charge in [0.1, 0.15) is 5.82 Å². The van der Waals surface area contributed by atoms with Crippen molar-refractivity contribution >= 4 is 17.5 Å². The summed E-state index contributed by atoms with van der Waals surface area (Å²) in [6, 6.07) is 4.58. The van der Waals surface area contributed by atoms with E-state index >= 15 is 0 Å². The Kier molecular flexibility index (Phi) is 4.45. The molecule has 2 fully saturated rings. The number of hydrogen-bond donors (Lipinski definition) is 1. The maximum atomic E-state index is 14.0. The third-order valence-corrected chi connectivity index (χ3v) is 4.56. The van der Waals surface area contributed by atoms with E-state index in [1.54, 1.807) is 6.07 Å². The van der Waals surface area contributed by atoms with Crippen LogP contribution in [0.25, 0.3) is 0 Å². The Morgan fingerprint density at radius 3 is 2.62 bits per heavy atom. The molecule has 0 bridgehead atoms. The first-order chi connectivity index (χ1) is 10.1. The highest BCUT2D eigenvalue weighted by Crippen LogP contribution is 2.31. The molecule has 3 rings (SSSR count). The molecule has 0 spiro atoms. The van der Waals surface area contributed by atoms with Gasteiger partial charge >= 0.3 is 0 Å². The summed E-state index contributed by atoms with van der Waals surface area (Å²) in [5.74, 6) is -0.195. The highest BCUT2D eigenvalue weighted by Gasteiger charge is 2.35. The maximum absolute atomic E-state index is 14.0. The van der Waals surface area contributed by atoms with E-state index in [1.165, 1.54) is 12.1 Å². The molecule has 0 radical (unpaired) electrons. The molecule has 1 aliphatic heterocycles. The average Bonchev–Trinajstić information content (AvgIpc) is 3.30. The minimum absolute atomic E-state index is 0.139. The lowest BCUT2D eigenvalue weighted by atomic mass is 9.97. The zero-order valence-corrected chi connectivity index (χ0v) is 12.7. The van der Waals surface area contributed by atoms with Crippen LogP contribution < -0.4 is 5.32 Å². The van der Waals surface area contributed by atoms with Gasteiger partial charge in [-0.05, 0) is 62.9 Å². The molecule has 1 saturated carbocycles.